The fourth-order valence-electron chi connectivity index (χ4n) is 8.54. The number of carbonyl (C=O) groups is 4. The number of amides is 1. The Balaban J connectivity index is 2.72. The van der Waals surface area contributed by atoms with Gasteiger partial charge >= 0.3 is 17.9 Å². The first kappa shape index (κ1) is 61.7. The molecule has 0 aromatic rings. The minimum absolute atomic E-state index is 0.0273. The summed E-state index contributed by atoms with van der Waals surface area (Å²) < 4.78 is 34.7. The van der Waals surface area contributed by atoms with Crippen LogP contribution in [0.2, 0.25) is 0 Å². The molecule has 0 radical (unpaired) electrons. The molecule has 2 unspecified atom stereocenters. The molecule has 0 bridgehead atoms. The maximum absolute atomic E-state index is 13.7. The third-order valence-corrected chi connectivity index (χ3v) is 12.9. The summed E-state index contributed by atoms with van der Waals surface area (Å²) in [4.78, 5) is 54.1. The van der Waals surface area contributed by atoms with Crippen LogP contribution in [0.1, 0.15) is 221 Å². The van der Waals surface area contributed by atoms with Gasteiger partial charge in [-0.15, -0.1) is 0 Å². The standard InChI is InChI=1S/C54H102N2O10/c1-7-11-15-19-21-25-29-47(28-23-17-13-9-3)44-62-42-43-64-52(53(60)55-35-34-51(59)63-41-38-56-36-39-61-40-37-56)54(5,6)46-66-50(58)33-27-32-49(57)65-45-48(30-24-18-14-10-4)31-26-22-20-16-12-8-2/h47-48,52H,7-46H2,1-6H3,(H,55,60)/t47?,48?,52-/m0/s1. The number of esters is 3. The Labute approximate surface area is 404 Å². The average Bonchev–Trinajstić information content (AvgIpc) is 3.30. The highest BCUT2D eigenvalue weighted by Crippen LogP contribution is 2.26. The van der Waals surface area contributed by atoms with Gasteiger partial charge < -0.3 is 33.7 Å². The second-order valence-electron chi connectivity index (χ2n) is 19.8. The van der Waals surface area contributed by atoms with Crippen LogP contribution in [-0.4, -0.2) is 114 Å². The Morgan fingerprint density at radius 2 is 1.02 bits per heavy atom. The molecular formula is C54H102N2O10. The predicted octanol–water partition coefficient (Wildman–Crippen LogP) is 11.7. The summed E-state index contributed by atoms with van der Waals surface area (Å²) in [5.74, 6) is -0.599. The van der Waals surface area contributed by atoms with Crippen LogP contribution in [0, 0.1) is 17.3 Å². The fraction of sp³-hybridized carbons (Fsp3) is 0.926. The maximum Gasteiger partial charge on any atom is 0.307 e. The third-order valence-electron chi connectivity index (χ3n) is 12.9. The summed E-state index contributed by atoms with van der Waals surface area (Å²) in [5.41, 5.74) is -0.904. The molecule has 0 aromatic carbocycles. The molecule has 0 aliphatic carbocycles. The van der Waals surface area contributed by atoms with E-state index < -0.39 is 23.4 Å². The molecular weight excluding hydrogens is 837 g/mol. The van der Waals surface area contributed by atoms with Crippen LogP contribution in [-0.2, 0) is 47.6 Å². The van der Waals surface area contributed by atoms with Crippen LogP contribution in [0.15, 0.2) is 0 Å². The number of morpholine rings is 1. The molecule has 0 aromatic heterocycles. The Kier molecular flexibility index (Phi) is 40.0. The van der Waals surface area contributed by atoms with E-state index in [1.807, 2.05) is 13.8 Å². The summed E-state index contributed by atoms with van der Waals surface area (Å²) in [7, 11) is 0. The van der Waals surface area contributed by atoms with Crippen molar-refractivity contribution < 1.29 is 47.6 Å². The van der Waals surface area contributed by atoms with Crippen LogP contribution in [0.3, 0.4) is 0 Å². The quantitative estimate of drug-likeness (QED) is 0.0354. The Bertz CT molecular complexity index is 1180. The predicted molar refractivity (Wildman–Crippen MR) is 266 cm³/mol. The smallest absolute Gasteiger partial charge is 0.307 e. The van der Waals surface area contributed by atoms with Crippen molar-refractivity contribution in [2.45, 2.75) is 227 Å². The van der Waals surface area contributed by atoms with Gasteiger partial charge in [0.05, 0.1) is 46.1 Å². The maximum atomic E-state index is 13.7. The van der Waals surface area contributed by atoms with Gasteiger partial charge in [0.1, 0.15) is 12.7 Å². The van der Waals surface area contributed by atoms with Crippen LogP contribution in [0.5, 0.6) is 0 Å². The van der Waals surface area contributed by atoms with Gasteiger partial charge in [-0.25, -0.2) is 0 Å². The van der Waals surface area contributed by atoms with Crippen LogP contribution in [0.25, 0.3) is 0 Å². The SMILES string of the molecule is CCCCCCCCC(CCCCCC)COCCO[C@@H](C(=O)NCCC(=O)OCCN1CCOCC1)C(C)(C)COC(=O)CCCC(=O)OCC(CCCCCC)CCCCCCCC. The van der Waals surface area contributed by atoms with E-state index in [4.69, 9.17) is 28.4 Å². The van der Waals surface area contributed by atoms with E-state index in [1.165, 1.54) is 135 Å². The highest BCUT2D eigenvalue weighted by atomic mass is 16.6. The fourth-order valence-corrected chi connectivity index (χ4v) is 8.54. The molecule has 388 valence electrons. The molecule has 1 saturated heterocycles. The number of hydrogen-bond acceptors (Lipinski definition) is 11. The lowest BCUT2D eigenvalue weighted by Crippen LogP contribution is -2.48. The summed E-state index contributed by atoms with van der Waals surface area (Å²) in [6.07, 6.45) is 29.0. The number of nitrogens with one attached hydrogen (secondary N) is 1. The Morgan fingerprint density at radius 1 is 0.545 bits per heavy atom. The van der Waals surface area contributed by atoms with E-state index in [-0.39, 0.29) is 57.6 Å². The summed E-state index contributed by atoms with van der Waals surface area (Å²) in [5, 5.41) is 2.86. The van der Waals surface area contributed by atoms with E-state index in [0.717, 1.165) is 32.4 Å². The highest BCUT2D eigenvalue weighted by Gasteiger charge is 2.37. The minimum atomic E-state index is -0.972. The second kappa shape index (κ2) is 42.8. The van der Waals surface area contributed by atoms with Crippen LogP contribution >= 0.6 is 0 Å². The van der Waals surface area contributed by atoms with Crippen LogP contribution in [0.4, 0.5) is 0 Å². The third kappa shape index (κ3) is 34.9. The van der Waals surface area contributed by atoms with Gasteiger partial charge in [0.15, 0.2) is 0 Å². The van der Waals surface area contributed by atoms with E-state index in [1.54, 1.807) is 0 Å². The molecule has 66 heavy (non-hydrogen) atoms. The summed E-state index contributed by atoms with van der Waals surface area (Å²) >= 11 is 0. The van der Waals surface area contributed by atoms with Crippen molar-refractivity contribution in [2.24, 2.45) is 17.3 Å². The topological polar surface area (TPSA) is 139 Å². The first-order valence-corrected chi connectivity index (χ1v) is 27.3. The molecule has 1 fully saturated rings. The van der Waals surface area contributed by atoms with Crippen molar-refractivity contribution in [3.8, 4) is 0 Å². The average molecular weight is 939 g/mol. The Morgan fingerprint density at radius 3 is 1.56 bits per heavy atom. The number of ether oxygens (including phenoxy) is 6. The van der Waals surface area contributed by atoms with Crippen molar-refractivity contribution >= 4 is 23.8 Å². The largest absolute Gasteiger partial charge is 0.465 e. The van der Waals surface area contributed by atoms with Gasteiger partial charge in [-0.2, -0.15) is 0 Å². The van der Waals surface area contributed by atoms with Crippen molar-refractivity contribution in [3.63, 3.8) is 0 Å². The Hall–Kier alpha value is -2.28. The molecule has 3 atom stereocenters. The van der Waals surface area contributed by atoms with Crippen molar-refractivity contribution in [3.05, 3.63) is 0 Å². The second-order valence-corrected chi connectivity index (χ2v) is 19.8. The number of rotatable bonds is 46. The zero-order chi connectivity index (χ0) is 48.4. The van der Waals surface area contributed by atoms with Crippen molar-refractivity contribution in [2.75, 3.05) is 79.0 Å². The first-order valence-electron chi connectivity index (χ1n) is 27.3. The molecule has 1 aliphatic heterocycles. The van der Waals surface area contributed by atoms with Gasteiger partial charge in [0.25, 0.3) is 0 Å². The minimum Gasteiger partial charge on any atom is -0.465 e. The molecule has 1 N–H and O–H groups in total. The highest BCUT2D eigenvalue weighted by molar-refractivity contribution is 5.82. The lowest BCUT2D eigenvalue weighted by atomic mass is 9.86. The number of nitrogens with zero attached hydrogens (tertiary/aromatic N) is 1. The van der Waals surface area contributed by atoms with Gasteiger partial charge in [-0.05, 0) is 43.9 Å². The molecule has 1 amide bonds. The number of hydrogen-bond donors (Lipinski definition) is 1. The number of unbranched alkanes of at least 4 members (excludes halogenated alkanes) is 16. The van der Waals surface area contributed by atoms with Gasteiger partial charge in [0, 0.05) is 51.0 Å². The molecule has 1 heterocycles. The van der Waals surface area contributed by atoms with Gasteiger partial charge in [0.2, 0.25) is 5.91 Å². The van der Waals surface area contributed by atoms with Crippen molar-refractivity contribution in [1.82, 2.24) is 10.2 Å². The summed E-state index contributed by atoms with van der Waals surface area (Å²) in [6.45, 7) is 18.2. The number of carbonyl (C=O) groups excluding carboxylic acids is 4. The molecule has 1 aliphatic rings. The molecule has 0 saturated carbocycles. The van der Waals surface area contributed by atoms with Crippen molar-refractivity contribution in [1.29, 1.82) is 0 Å². The molecule has 12 nitrogen and oxygen atoms in total. The monoisotopic (exact) mass is 939 g/mol. The van der Waals surface area contributed by atoms with Crippen LogP contribution < -0.4 is 5.32 Å². The van der Waals surface area contributed by atoms with E-state index in [0.29, 0.717) is 57.8 Å². The lowest BCUT2D eigenvalue weighted by molar-refractivity contribution is -0.158. The summed E-state index contributed by atoms with van der Waals surface area (Å²) in [6, 6.07) is 0. The molecule has 0 spiro atoms. The van der Waals surface area contributed by atoms with Gasteiger partial charge in [-0.1, -0.05) is 170 Å². The van der Waals surface area contributed by atoms with Gasteiger partial charge in [-0.3, -0.25) is 24.1 Å². The first-order chi connectivity index (χ1) is 32.1. The van der Waals surface area contributed by atoms with E-state index >= 15 is 0 Å². The lowest BCUT2D eigenvalue weighted by Gasteiger charge is -2.32. The molecule has 1 rings (SSSR count). The zero-order valence-electron chi connectivity index (χ0n) is 43.5. The van der Waals surface area contributed by atoms with E-state index in [2.05, 4.69) is 37.9 Å². The molecule has 12 heteroatoms. The van der Waals surface area contributed by atoms with E-state index in [9.17, 15) is 19.2 Å². The zero-order valence-corrected chi connectivity index (χ0v) is 43.5. The normalized spacial score (nSPS) is 14.7.